The van der Waals surface area contributed by atoms with Crippen LogP contribution < -0.4 is 5.32 Å². The van der Waals surface area contributed by atoms with Crippen molar-refractivity contribution in [3.63, 3.8) is 0 Å². The van der Waals surface area contributed by atoms with Crippen LogP contribution in [0.5, 0.6) is 0 Å². The van der Waals surface area contributed by atoms with Crippen LogP contribution in [0.15, 0.2) is 0 Å². The van der Waals surface area contributed by atoms with Crippen LogP contribution in [0.2, 0.25) is 0 Å². The first-order valence-corrected chi connectivity index (χ1v) is 6.13. The Kier molecular flexibility index (Phi) is 6.22. The average molecular weight is 214 g/mol. The van der Waals surface area contributed by atoms with Crippen molar-refractivity contribution in [1.29, 1.82) is 0 Å². The van der Waals surface area contributed by atoms with E-state index in [1.165, 1.54) is 32.5 Å². The number of nitrogens with zero attached hydrogens (tertiary/aromatic N) is 1. The molecule has 0 bridgehead atoms. The number of ether oxygens (including phenoxy) is 1. The Labute approximate surface area is 94.2 Å². The summed E-state index contributed by atoms with van der Waals surface area (Å²) in [6.45, 7) is 6.81. The zero-order chi connectivity index (χ0) is 11.1. The predicted molar refractivity (Wildman–Crippen MR) is 64.2 cm³/mol. The van der Waals surface area contributed by atoms with Gasteiger partial charge < -0.3 is 15.0 Å². The van der Waals surface area contributed by atoms with E-state index in [-0.39, 0.29) is 0 Å². The van der Waals surface area contributed by atoms with Crippen LogP contribution in [0, 0.1) is 5.92 Å². The number of nitrogens with one attached hydrogen (secondary N) is 1. The molecule has 0 radical (unpaired) electrons. The summed E-state index contributed by atoms with van der Waals surface area (Å²) < 4.78 is 5.07. The topological polar surface area (TPSA) is 24.5 Å². The van der Waals surface area contributed by atoms with Gasteiger partial charge in [-0.15, -0.1) is 0 Å². The molecule has 1 aliphatic heterocycles. The molecule has 0 aromatic carbocycles. The van der Waals surface area contributed by atoms with E-state index in [1.54, 1.807) is 7.11 Å². The van der Waals surface area contributed by atoms with Gasteiger partial charge in [-0.25, -0.2) is 0 Å². The third kappa shape index (κ3) is 5.50. The molecule has 1 atom stereocenters. The van der Waals surface area contributed by atoms with E-state index in [0.29, 0.717) is 6.04 Å². The Balaban J connectivity index is 2.04. The number of methoxy groups -OCH3 is 1. The van der Waals surface area contributed by atoms with Crippen molar-refractivity contribution >= 4 is 0 Å². The van der Waals surface area contributed by atoms with Crippen molar-refractivity contribution in [2.45, 2.75) is 32.2 Å². The highest BCUT2D eigenvalue weighted by Crippen LogP contribution is 2.14. The van der Waals surface area contributed by atoms with Crippen LogP contribution in [0.25, 0.3) is 0 Å². The first kappa shape index (κ1) is 12.9. The van der Waals surface area contributed by atoms with Gasteiger partial charge in [0.05, 0.1) is 0 Å². The summed E-state index contributed by atoms with van der Waals surface area (Å²) >= 11 is 0. The highest BCUT2D eigenvalue weighted by Gasteiger charge is 2.16. The van der Waals surface area contributed by atoms with Gasteiger partial charge in [0.25, 0.3) is 0 Å². The molecular formula is C12H26N2O. The zero-order valence-electron chi connectivity index (χ0n) is 10.5. The summed E-state index contributed by atoms with van der Waals surface area (Å²) in [6.07, 6.45) is 3.81. The maximum absolute atomic E-state index is 5.07. The van der Waals surface area contributed by atoms with Gasteiger partial charge in [-0.1, -0.05) is 0 Å². The van der Waals surface area contributed by atoms with E-state index >= 15 is 0 Å². The van der Waals surface area contributed by atoms with Gasteiger partial charge in [-0.2, -0.15) is 0 Å². The number of hydrogen-bond acceptors (Lipinski definition) is 3. The summed E-state index contributed by atoms with van der Waals surface area (Å²) in [5.74, 6) is 0.881. The largest absolute Gasteiger partial charge is 0.385 e. The molecule has 1 fully saturated rings. The van der Waals surface area contributed by atoms with Gasteiger partial charge in [0.1, 0.15) is 0 Å². The van der Waals surface area contributed by atoms with Crippen LogP contribution >= 0.6 is 0 Å². The van der Waals surface area contributed by atoms with E-state index in [9.17, 15) is 0 Å². The van der Waals surface area contributed by atoms with Crippen molar-refractivity contribution < 1.29 is 4.74 Å². The molecule has 1 heterocycles. The Morgan fingerprint density at radius 2 is 2.07 bits per heavy atom. The number of likely N-dealkylation sites (tertiary alicyclic amines) is 1. The summed E-state index contributed by atoms with van der Waals surface area (Å²) in [4.78, 5) is 2.42. The summed E-state index contributed by atoms with van der Waals surface area (Å²) in [5, 5.41) is 3.60. The summed E-state index contributed by atoms with van der Waals surface area (Å²) in [7, 11) is 3.98. The smallest absolute Gasteiger partial charge is 0.0476 e. The number of hydrogen-bond donors (Lipinski definition) is 1. The van der Waals surface area contributed by atoms with E-state index in [4.69, 9.17) is 4.74 Å². The van der Waals surface area contributed by atoms with Gasteiger partial charge in [0, 0.05) is 19.8 Å². The molecule has 0 amide bonds. The predicted octanol–water partition coefficient (Wildman–Crippen LogP) is 1.34. The molecule has 0 aromatic heterocycles. The Bertz CT molecular complexity index is 156. The first-order valence-electron chi connectivity index (χ1n) is 6.13. The lowest BCUT2D eigenvalue weighted by Gasteiger charge is -2.29. The number of rotatable bonds is 6. The Morgan fingerprint density at radius 3 is 2.67 bits per heavy atom. The first-order chi connectivity index (χ1) is 7.22. The van der Waals surface area contributed by atoms with Crippen LogP contribution in [0.4, 0.5) is 0 Å². The third-order valence-electron chi connectivity index (χ3n) is 3.35. The molecule has 0 aliphatic carbocycles. The van der Waals surface area contributed by atoms with Crippen molar-refractivity contribution in [1.82, 2.24) is 10.2 Å². The lowest BCUT2D eigenvalue weighted by Crippen LogP contribution is -2.38. The molecule has 1 N–H and O–H groups in total. The van der Waals surface area contributed by atoms with Crippen LogP contribution in [-0.2, 0) is 4.74 Å². The minimum Gasteiger partial charge on any atom is -0.385 e. The lowest BCUT2D eigenvalue weighted by molar-refractivity contribution is 0.179. The second kappa shape index (κ2) is 7.20. The van der Waals surface area contributed by atoms with E-state index < -0.39 is 0 Å². The molecule has 1 rings (SSSR count). The van der Waals surface area contributed by atoms with E-state index in [2.05, 4.69) is 24.2 Å². The average Bonchev–Trinajstić information content (AvgIpc) is 2.25. The minimum absolute atomic E-state index is 0.588. The van der Waals surface area contributed by atoms with Gasteiger partial charge in [0.2, 0.25) is 0 Å². The molecule has 3 heteroatoms. The minimum atomic E-state index is 0.588. The molecule has 0 saturated carbocycles. The Hall–Kier alpha value is -0.120. The third-order valence-corrected chi connectivity index (χ3v) is 3.35. The van der Waals surface area contributed by atoms with Gasteiger partial charge >= 0.3 is 0 Å². The highest BCUT2D eigenvalue weighted by molar-refractivity contribution is 4.73. The monoisotopic (exact) mass is 214 g/mol. The Morgan fingerprint density at radius 1 is 1.40 bits per heavy atom. The van der Waals surface area contributed by atoms with Gasteiger partial charge in [-0.05, 0) is 58.8 Å². The molecule has 0 aromatic rings. The zero-order valence-corrected chi connectivity index (χ0v) is 10.5. The second-order valence-electron chi connectivity index (χ2n) is 4.84. The quantitative estimate of drug-likeness (QED) is 0.722. The van der Waals surface area contributed by atoms with Gasteiger partial charge in [0.15, 0.2) is 0 Å². The molecule has 1 aliphatic rings. The molecule has 0 spiro atoms. The van der Waals surface area contributed by atoms with Crippen LogP contribution in [0.1, 0.15) is 26.2 Å². The van der Waals surface area contributed by atoms with Crippen LogP contribution in [-0.4, -0.2) is 51.3 Å². The fourth-order valence-corrected chi connectivity index (χ4v) is 2.03. The standard InChI is InChI=1S/C12H26N2O/c1-11(6-9-15-3)13-10-12-4-7-14(2)8-5-12/h11-13H,4-10H2,1-3H3. The second-order valence-corrected chi connectivity index (χ2v) is 4.84. The fourth-order valence-electron chi connectivity index (χ4n) is 2.03. The van der Waals surface area contributed by atoms with Crippen molar-refractivity contribution in [3.8, 4) is 0 Å². The molecule has 1 saturated heterocycles. The highest BCUT2D eigenvalue weighted by atomic mass is 16.5. The van der Waals surface area contributed by atoms with E-state index in [0.717, 1.165) is 18.9 Å². The molecule has 1 unspecified atom stereocenters. The van der Waals surface area contributed by atoms with Crippen molar-refractivity contribution in [2.75, 3.05) is 40.4 Å². The van der Waals surface area contributed by atoms with E-state index in [1.807, 2.05) is 0 Å². The van der Waals surface area contributed by atoms with Crippen molar-refractivity contribution in [3.05, 3.63) is 0 Å². The molecular weight excluding hydrogens is 188 g/mol. The fraction of sp³-hybridized carbons (Fsp3) is 1.00. The maximum Gasteiger partial charge on any atom is 0.0476 e. The van der Waals surface area contributed by atoms with Crippen LogP contribution in [0.3, 0.4) is 0 Å². The summed E-state index contributed by atoms with van der Waals surface area (Å²) in [5.41, 5.74) is 0. The van der Waals surface area contributed by atoms with Gasteiger partial charge in [-0.3, -0.25) is 0 Å². The number of piperidine rings is 1. The SMILES string of the molecule is COCCC(C)NCC1CCN(C)CC1. The lowest BCUT2D eigenvalue weighted by atomic mass is 9.97. The molecule has 15 heavy (non-hydrogen) atoms. The molecule has 3 nitrogen and oxygen atoms in total. The normalized spacial score (nSPS) is 21.8. The van der Waals surface area contributed by atoms with Crippen molar-refractivity contribution in [2.24, 2.45) is 5.92 Å². The summed E-state index contributed by atoms with van der Waals surface area (Å²) in [6, 6.07) is 0.588. The maximum atomic E-state index is 5.07. The molecule has 90 valence electrons.